The topological polar surface area (TPSA) is 74.2 Å². The van der Waals surface area contributed by atoms with Crippen LogP contribution in [0.5, 0.6) is 0 Å². The summed E-state index contributed by atoms with van der Waals surface area (Å²) in [7, 11) is 0. The van der Waals surface area contributed by atoms with Gasteiger partial charge in [0.15, 0.2) is 0 Å². The first-order chi connectivity index (χ1) is 8.31. The third-order valence-electron chi connectivity index (χ3n) is 2.92. The quantitative estimate of drug-likeness (QED) is 0.762. The first kappa shape index (κ1) is 14.9. The van der Waals surface area contributed by atoms with Crippen molar-refractivity contribution in [3.8, 4) is 0 Å². The van der Waals surface area contributed by atoms with E-state index in [2.05, 4.69) is 15.6 Å². The third-order valence-corrected chi connectivity index (χ3v) is 3.83. The van der Waals surface area contributed by atoms with E-state index in [9.17, 15) is 9.90 Å². The number of thiazole rings is 1. The number of aryl methyl sites for hydroxylation is 1. The van der Waals surface area contributed by atoms with Crippen molar-refractivity contribution in [1.29, 1.82) is 0 Å². The maximum atomic E-state index is 11.5. The Bertz CT molecular complexity index is 402. The number of nitrogens with zero attached hydrogens (tertiary/aromatic N) is 1. The molecule has 18 heavy (non-hydrogen) atoms. The predicted octanol–water partition coefficient (Wildman–Crippen LogP) is 1.66. The molecule has 1 heterocycles. The first-order valence-corrected chi connectivity index (χ1v) is 6.78. The Morgan fingerprint density at radius 3 is 2.72 bits per heavy atom. The summed E-state index contributed by atoms with van der Waals surface area (Å²) in [5.74, 6) is 0.0828. The standard InChI is InChI=1S/C12H21N3O2S/c1-8(2)12(4,17)7-15-11(16)14-6-10-13-5-9(3)18-10/h5,8,17H,6-7H2,1-4H3,(H2,14,15,16). The average molecular weight is 271 g/mol. The summed E-state index contributed by atoms with van der Waals surface area (Å²) in [4.78, 5) is 16.8. The van der Waals surface area contributed by atoms with Crippen molar-refractivity contribution >= 4 is 17.4 Å². The molecule has 0 fully saturated rings. The zero-order chi connectivity index (χ0) is 13.8. The number of hydrogen-bond acceptors (Lipinski definition) is 4. The summed E-state index contributed by atoms with van der Waals surface area (Å²) in [6, 6.07) is -0.288. The minimum Gasteiger partial charge on any atom is -0.388 e. The number of amides is 2. The van der Waals surface area contributed by atoms with Crippen LogP contribution in [0.3, 0.4) is 0 Å². The largest absolute Gasteiger partial charge is 0.388 e. The lowest BCUT2D eigenvalue weighted by Gasteiger charge is -2.27. The molecule has 1 aromatic heterocycles. The predicted molar refractivity (Wildman–Crippen MR) is 72.6 cm³/mol. The molecule has 0 aliphatic carbocycles. The fraction of sp³-hybridized carbons (Fsp3) is 0.667. The van der Waals surface area contributed by atoms with Crippen LogP contribution in [0.25, 0.3) is 0 Å². The molecular formula is C12H21N3O2S. The summed E-state index contributed by atoms with van der Waals surface area (Å²) < 4.78 is 0. The Hall–Kier alpha value is -1.14. The summed E-state index contributed by atoms with van der Waals surface area (Å²) in [6.45, 7) is 8.15. The number of carbonyl (C=O) groups excluding carboxylic acids is 1. The fourth-order valence-electron chi connectivity index (χ4n) is 1.16. The molecule has 1 unspecified atom stereocenters. The van der Waals surface area contributed by atoms with Gasteiger partial charge in [0.05, 0.1) is 12.1 Å². The molecule has 1 rings (SSSR count). The molecule has 0 aromatic carbocycles. The monoisotopic (exact) mass is 271 g/mol. The Morgan fingerprint density at radius 2 is 2.22 bits per heavy atom. The van der Waals surface area contributed by atoms with Gasteiger partial charge in [0, 0.05) is 17.6 Å². The smallest absolute Gasteiger partial charge is 0.315 e. The van der Waals surface area contributed by atoms with Gasteiger partial charge in [-0.15, -0.1) is 11.3 Å². The number of aliphatic hydroxyl groups is 1. The first-order valence-electron chi connectivity index (χ1n) is 5.96. The molecule has 1 atom stereocenters. The van der Waals surface area contributed by atoms with Crippen LogP contribution in [-0.2, 0) is 6.54 Å². The summed E-state index contributed by atoms with van der Waals surface area (Å²) >= 11 is 1.56. The van der Waals surface area contributed by atoms with E-state index in [1.807, 2.05) is 20.8 Å². The van der Waals surface area contributed by atoms with Crippen LogP contribution in [0.4, 0.5) is 4.79 Å². The van der Waals surface area contributed by atoms with E-state index in [0.29, 0.717) is 6.54 Å². The van der Waals surface area contributed by atoms with Crippen molar-refractivity contribution in [2.45, 2.75) is 39.8 Å². The molecule has 3 N–H and O–H groups in total. The SMILES string of the molecule is Cc1cnc(CNC(=O)NCC(C)(O)C(C)C)s1. The fourth-order valence-corrected chi connectivity index (χ4v) is 1.89. The minimum absolute atomic E-state index is 0.0828. The lowest BCUT2D eigenvalue weighted by Crippen LogP contribution is -2.47. The van der Waals surface area contributed by atoms with Crippen LogP contribution < -0.4 is 10.6 Å². The van der Waals surface area contributed by atoms with E-state index in [1.54, 1.807) is 24.5 Å². The highest BCUT2D eigenvalue weighted by atomic mass is 32.1. The molecule has 0 saturated carbocycles. The van der Waals surface area contributed by atoms with Crippen LogP contribution >= 0.6 is 11.3 Å². The molecule has 0 aliphatic rings. The summed E-state index contributed by atoms with van der Waals surface area (Å²) in [6.07, 6.45) is 1.78. The third kappa shape index (κ3) is 4.62. The number of urea groups is 1. The zero-order valence-corrected chi connectivity index (χ0v) is 12.1. The number of aromatic nitrogens is 1. The zero-order valence-electron chi connectivity index (χ0n) is 11.3. The van der Waals surface area contributed by atoms with Crippen molar-refractivity contribution < 1.29 is 9.90 Å². The Kier molecular flexibility index (Phi) is 5.10. The molecule has 0 aliphatic heterocycles. The van der Waals surface area contributed by atoms with Gasteiger partial charge < -0.3 is 15.7 Å². The maximum Gasteiger partial charge on any atom is 0.315 e. The molecule has 0 bridgehead atoms. The second-order valence-electron chi connectivity index (χ2n) is 4.91. The molecule has 102 valence electrons. The molecule has 5 nitrogen and oxygen atoms in total. The number of rotatable bonds is 5. The Labute approximate surface area is 112 Å². The van der Waals surface area contributed by atoms with Crippen LogP contribution in [0.2, 0.25) is 0 Å². The van der Waals surface area contributed by atoms with E-state index < -0.39 is 5.60 Å². The minimum atomic E-state index is -0.894. The van der Waals surface area contributed by atoms with Gasteiger partial charge in [-0.2, -0.15) is 0 Å². The Morgan fingerprint density at radius 1 is 1.56 bits per heavy atom. The van der Waals surface area contributed by atoms with Crippen molar-refractivity contribution in [2.75, 3.05) is 6.54 Å². The normalized spacial score (nSPS) is 14.3. The van der Waals surface area contributed by atoms with Crippen LogP contribution in [0.15, 0.2) is 6.20 Å². The Balaban J connectivity index is 2.30. The molecular weight excluding hydrogens is 250 g/mol. The highest BCUT2D eigenvalue weighted by Crippen LogP contribution is 2.14. The number of hydrogen-bond donors (Lipinski definition) is 3. The maximum absolute atomic E-state index is 11.5. The van der Waals surface area contributed by atoms with Crippen molar-refractivity contribution in [1.82, 2.24) is 15.6 Å². The molecule has 0 spiro atoms. The van der Waals surface area contributed by atoms with Gasteiger partial charge in [0.1, 0.15) is 5.01 Å². The van der Waals surface area contributed by atoms with Gasteiger partial charge in [-0.25, -0.2) is 9.78 Å². The highest BCUT2D eigenvalue weighted by molar-refractivity contribution is 7.11. The van der Waals surface area contributed by atoms with Crippen LogP contribution in [0.1, 0.15) is 30.7 Å². The molecule has 0 radical (unpaired) electrons. The molecule has 0 saturated heterocycles. The second kappa shape index (κ2) is 6.15. The summed E-state index contributed by atoms with van der Waals surface area (Å²) in [5.41, 5.74) is -0.894. The summed E-state index contributed by atoms with van der Waals surface area (Å²) in [5, 5.41) is 16.2. The second-order valence-corrected chi connectivity index (χ2v) is 6.23. The van der Waals surface area contributed by atoms with E-state index in [4.69, 9.17) is 0 Å². The van der Waals surface area contributed by atoms with Gasteiger partial charge in [0.2, 0.25) is 0 Å². The van der Waals surface area contributed by atoms with Crippen LogP contribution in [0, 0.1) is 12.8 Å². The highest BCUT2D eigenvalue weighted by Gasteiger charge is 2.25. The number of nitrogens with one attached hydrogen (secondary N) is 2. The van der Waals surface area contributed by atoms with Crippen molar-refractivity contribution in [3.63, 3.8) is 0 Å². The molecule has 2 amide bonds. The van der Waals surface area contributed by atoms with Gasteiger partial charge in [-0.1, -0.05) is 13.8 Å². The van der Waals surface area contributed by atoms with Gasteiger partial charge >= 0.3 is 6.03 Å². The van der Waals surface area contributed by atoms with E-state index >= 15 is 0 Å². The van der Waals surface area contributed by atoms with Crippen molar-refractivity contribution in [2.24, 2.45) is 5.92 Å². The molecule has 6 heteroatoms. The average Bonchev–Trinajstić information content (AvgIpc) is 2.69. The van der Waals surface area contributed by atoms with Crippen molar-refractivity contribution in [3.05, 3.63) is 16.1 Å². The van der Waals surface area contributed by atoms with Crippen LogP contribution in [-0.4, -0.2) is 28.3 Å². The van der Waals surface area contributed by atoms with Gasteiger partial charge in [0.25, 0.3) is 0 Å². The van der Waals surface area contributed by atoms with Gasteiger partial charge in [-0.05, 0) is 19.8 Å². The van der Waals surface area contributed by atoms with E-state index in [1.165, 1.54) is 0 Å². The van der Waals surface area contributed by atoms with E-state index in [0.717, 1.165) is 9.88 Å². The molecule has 1 aromatic rings. The number of carbonyl (C=O) groups is 1. The lowest BCUT2D eigenvalue weighted by molar-refractivity contribution is 0.0166. The lowest BCUT2D eigenvalue weighted by atomic mass is 9.93. The van der Waals surface area contributed by atoms with E-state index in [-0.39, 0.29) is 18.5 Å². The van der Waals surface area contributed by atoms with Gasteiger partial charge in [-0.3, -0.25) is 0 Å².